The molecule has 2 nitrogen and oxygen atoms in total. The zero-order valence-electron chi connectivity index (χ0n) is 9.22. The predicted molar refractivity (Wildman–Crippen MR) is 59.9 cm³/mol. The molecule has 0 saturated heterocycles. The van der Waals surface area contributed by atoms with Crippen LogP contribution >= 0.6 is 0 Å². The number of benzene rings is 1. The van der Waals surface area contributed by atoms with Crippen molar-refractivity contribution in [2.24, 2.45) is 0 Å². The number of hydrogen-bond acceptors (Lipinski definition) is 2. The van der Waals surface area contributed by atoms with Crippen molar-refractivity contribution in [2.75, 3.05) is 5.32 Å². The third-order valence-electron chi connectivity index (χ3n) is 1.84. The summed E-state index contributed by atoms with van der Waals surface area (Å²) < 4.78 is 0. The normalized spacial score (nSPS) is 11.1. The number of carbonyl (C=O) groups is 1. The SMILES string of the molecule is Cc1ccc(NC(C)(C)C)c(C=O)c1. The molecule has 1 rings (SSSR count). The van der Waals surface area contributed by atoms with Crippen molar-refractivity contribution < 1.29 is 4.79 Å². The fourth-order valence-electron chi connectivity index (χ4n) is 1.30. The Bertz CT molecular complexity index is 337. The van der Waals surface area contributed by atoms with Gasteiger partial charge in [-0.1, -0.05) is 11.6 Å². The molecule has 0 radical (unpaired) electrons. The van der Waals surface area contributed by atoms with Crippen LogP contribution in [-0.4, -0.2) is 11.8 Å². The second kappa shape index (κ2) is 3.82. The molecule has 0 heterocycles. The Kier molecular flexibility index (Phi) is 2.94. The molecule has 0 aromatic heterocycles. The molecule has 1 aromatic rings. The number of carbonyl (C=O) groups excluding carboxylic acids is 1. The lowest BCUT2D eigenvalue weighted by atomic mass is 10.1. The van der Waals surface area contributed by atoms with Crippen LogP contribution in [0.5, 0.6) is 0 Å². The van der Waals surface area contributed by atoms with Crippen LogP contribution in [0.15, 0.2) is 18.2 Å². The Hall–Kier alpha value is -1.31. The first-order valence-electron chi connectivity index (χ1n) is 4.76. The smallest absolute Gasteiger partial charge is 0.152 e. The van der Waals surface area contributed by atoms with Crippen LogP contribution in [0, 0.1) is 6.92 Å². The molecule has 0 aliphatic rings. The number of rotatable bonds is 2. The Balaban J connectivity index is 3.03. The lowest BCUT2D eigenvalue weighted by Gasteiger charge is -2.23. The van der Waals surface area contributed by atoms with Gasteiger partial charge in [-0.05, 0) is 39.8 Å². The molecular weight excluding hydrogens is 174 g/mol. The van der Waals surface area contributed by atoms with Crippen molar-refractivity contribution >= 4 is 12.0 Å². The third kappa shape index (κ3) is 2.87. The van der Waals surface area contributed by atoms with Crippen molar-refractivity contribution in [1.29, 1.82) is 0 Å². The maximum absolute atomic E-state index is 10.8. The number of aldehydes is 1. The molecule has 2 heteroatoms. The first-order chi connectivity index (χ1) is 6.42. The molecule has 0 aliphatic heterocycles. The van der Waals surface area contributed by atoms with E-state index in [2.05, 4.69) is 26.1 Å². The van der Waals surface area contributed by atoms with Gasteiger partial charge in [0.05, 0.1) is 0 Å². The zero-order valence-corrected chi connectivity index (χ0v) is 9.22. The summed E-state index contributed by atoms with van der Waals surface area (Å²) >= 11 is 0. The highest BCUT2D eigenvalue weighted by Gasteiger charge is 2.11. The molecular formula is C12H17NO. The Morgan fingerprint density at radius 1 is 1.29 bits per heavy atom. The van der Waals surface area contributed by atoms with Crippen LogP contribution in [-0.2, 0) is 0 Å². The van der Waals surface area contributed by atoms with E-state index in [0.717, 1.165) is 23.1 Å². The lowest BCUT2D eigenvalue weighted by molar-refractivity contribution is 0.112. The predicted octanol–water partition coefficient (Wildman–Crippen LogP) is 3.02. The van der Waals surface area contributed by atoms with Crippen molar-refractivity contribution in [3.63, 3.8) is 0 Å². The van der Waals surface area contributed by atoms with Crippen LogP contribution in [0.3, 0.4) is 0 Å². The van der Waals surface area contributed by atoms with Gasteiger partial charge in [0, 0.05) is 16.8 Å². The van der Waals surface area contributed by atoms with Gasteiger partial charge >= 0.3 is 0 Å². The second-order valence-corrected chi connectivity index (χ2v) is 4.58. The van der Waals surface area contributed by atoms with Gasteiger partial charge in [0.15, 0.2) is 6.29 Å². The number of anilines is 1. The highest BCUT2D eigenvalue weighted by atomic mass is 16.1. The van der Waals surface area contributed by atoms with Crippen molar-refractivity contribution in [1.82, 2.24) is 0 Å². The fourth-order valence-corrected chi connectivity index (χ4v) is 1.30. The number of hydrogen-bond donors (Lipinski definition) is 1. The minimum Gasteiger partial charge on any atom is -0.380 e. The summed E-state index contributed by atoms with van der Waals surface area (Å²) in [7, 11) is 0. The van der Waals surface area contributed by atoms with Gasteiger partial charge in [0.25, 0.3) is 0 Å². The molecule has 14 heavy (non-hydrogen) atoms. The van der Waals surface area contributed by atoms with Gasteiger partial charge in [-0.2, -0.15) is 0 Å². The van der Waals surface area contributed by atoms with Gasteiger partial charge in [0.1, 0.15) is 0 Å². The molecule has 0 aliphatic carbocycles. The minimum atomic E-state index is -0.0208. The second-order valence-electron chi connectivity index (χ2n) is 4.58. The van der Waals surface area contributed by atoms with E-state index in [1.54, 1.807) is 0 Å². The van der Waals surface area contributed by atoms with Gasteiger partial charge in [-0.25, -0.2) is 0 Å². The Labute approximate surface area is 85.3 Å². The summed E-state index contributed by atoms with van der Waals surface area (Å²) in [5, 5.41) is 3.30. The molecule has 76 valence electrons. The molecule has 0 spiro atoms. The van der Waals surface area contributed by atoms with Gasteiger partial charge in [0.2, 0.25) is 0 Å². The third-order valence-corrected chi connectivity index (χ3v) is 1.84. The summed E-state index contributed by atoms with van der Waals surface area (Å²) in [4.78, 5) is 10.8. The fraction of sp³-hybridized carbons (Fsp3) is 0.417. The van der Waals surface area contributed by atoms with E-state index in [-0.39, 0.29) is 5.54 Å². The quantitative estimate of drug-likeness (QED) is 0.728. The molecule has 0 unspecified atom stereocenters. The van der Waals surface area contributed by atoms with Crippen molar-refractivity contribution in [3.8, 4) is 0 Å². The molecule has 0 fully saturated rings. The van der Waals surface area contributed by atoms with E-state index >= 15 is 0 Å². The first kappa shape index (κ1) is 10.8. The monoisotopic (exact) mass is 191 g/mol. The largest absolute Gasteiger partial charge is 0.380 e. The molecule has 1 N–H and O–H groups in total. The van der Waals surface area contributed by atoms with Crippen LogP contribution < -0.4 is 5.32 Å². The summed E-state index contributed by atoms with van der Waals surface area (Å²) in [5.41, 5.74) is 2.71. The van der Waals surface area contributed by atoms with Crippen molar-refractivity contribution in [2.45, 2.75) is 33.2 Å². The first-order valence-corrected chi connectivity index (χ1v) is 4.76. The van der Waals surface area contributed by atoms with Crippen LogP contribution in [0.1, 0.15) is 36.7 Å². The van der Waals surface area contributed by atoms with E-state index in [1.165, 1.54) is 0 Å². The van der Waals surface area contributed by atoms with Crippen molar-refractivity contribution in [3.05, 3.63) is 29.3 Å². The minimum absolute atomic E-state index is 0.0208. The summed E-state index contributed by atoms with van der Waals surface area (Å²) in [6.07, 6.45) is 0.890. The highest BCUT2D eigenvalue weighted by molar-refractivity contribution is 5.84. The molecule has 0 amide bonds. The number of aryl methyl sites for hydroxylation is 1. The van der Waals surface area contributed by atoms with Gasteiger partial charge in [-0.15, -0.1) is 0 Å². The average molecular weight is 191 g/mol. The van der Waals surface area contributed by atoms with Gasteiger partial charge in [-0.3, -0.25) is 4.79 Å². The topological polar surface area (TPSA) is 29.1 Å². The highest BCUT2D eigenvalue weighted by Crippen LogP contribution is 2.19. The van der Waals surface area contributed by atoms with E-state index in [1.807, 2.05) is 25.1 Å². The maximum Gasteiger partial charge on any atom is 0.152 e. The maximum atomic E-state index is 10.8. The molecule has 0 bridgehead atoms. The van der Waals surface area contributed by atoms with E-state index < -0.39 is 0 Å². The van der Waals surface area contributed by atoms with Crippen LogP contribution in [0.2, 0.25) is 0 Å². The summed E-state index contributed by atoms with van der Waals surface area (Å²) in [6.45, 7) is 8.19. The summed E-state index contributed by atoms with van der Waals surface area (Å²) in [5.74, 6) is 0. The Morgan fingerprint density at radius 2 is 1.93 bits per heavy atom. The molecule has 0 atom stereocenters. The van der Waals surface area contributed by atoms with Gasteiger partial charge < -0.3 is 5.32 Å². The van der Waals surface area contributed by atoms with Crippen LogP contribution in [0.25, 0.3) is 0 Å². The summed E-state index contributed by atoms with van der Waals surface area (Å²) in [6, 6.07) is 5.84. The standard InChI is InChI=1S/C12H17NO/c1-9-5-6-11(10(7-9)8-14)13-12(2,3)4/h5-8,13H,1-4H3. The number of nitrogens with one attached hydrogen (secondary N) is 1. The van der Waals surface area contributed by atoms with E-state index in [9.17, 15) is 4.79 Å². The van der Waals surface area contributed by atoms with E-state index in [0.29, 0.717) is 0 Å². The zero-order chi connectivity index (χ0) is 10.8. The lowest BCUT2D eigenvalue weighted by Crippen LogP contribution is -2.26. The van der Waals surface area contributed by atoms with E-state index in [4.69, 9.17) is 0 Å². The molecule has 1 aromatic carbocycles. The Morgan fingerprint density at radius 3 is 2.43 bits per heavy atom. The van der Waals surface area contributed by atoms with Crippen LogP contribution in [0.4, 0.5) is 5.69 Å². The molecule has 0 saturated carbocycles. The average Bonchev–Trinajstić information content (AvgIpc) is 2.06.